The molecular weight excluding hydrogens is 386 g/mol. The van der Waals surface area contributed by atoms with Crippen LogP contribution in [0.25, 0.3) is 0 Å². The van der Waals surface area contributed by atoms with Crippen LogP contribution in [0.1, 0.15) is 0 Å². The maximum Gasteiger partial charge on any atom is 0.262 e. The SMILES string of the molecule is COc1ccc(NS(=O)(=O)c2ccc(OC)c(Br)c2)c(OC)c1. The average molecular weight is 402 g/mol. The molecule has 0 heterocycles. The van der Waals surface area contributed by atoms with Gasteiger partial charge in [-0.15, -0.1) is 0 Å². The molecule has 0 fully saturated rings. The highest BCUT2D eigenvalue weighted by atomic mass is 79.9. The Hall–Kier alpha value is -1.93. The van der Waals surface area contributed by atoms with Crippen molar-refractivity contribution in [1.82, 2.24) is 0 Å². The van der Waals surface area contributed by atoms with Crippen molar-refractivity contribution in [3.05, 3.63) is 40.9 Å². The number of rotatable bonds is 6. The van der Waals surface area contributed by atoms with Gasteiger partial charge in [0.15, 0.2) is 0 Å². The fraction of sp³-hybridized carbons (Fsp3) is 0.200. The van der Waals surface area contributed by atoms with E-state index in [2.05, 4.69) is 20.7 Å². The smallest absolute Gasteiger partial charge is 0.262 e. The molecule has 0 aromatic heterocycles. The van der Waals surface area contributed by atoms with Crippen molar-refractivity contribution in [3.8, 4) is 17.2 Å². The molecule has 0 atom stereocenters. The molecule has 0 radical (unpaired) electrons. The van der Waals surface area contributed by atoms with Gasteiger partial charge in [-0.3, -0.25) is 4.72 Å². The number of benzene rings is 2. The molecule has 2 aromatic rings. The van der Waals surface area contributed by atoms with Crippen LogP contribution in [-0.2, 0) is 10.0 Å². The second kappa shape index (κ2) is 7.10. The van der Waals surface area contributed by atoms with Gasteiger partial charge in [0, 0.05) is 6.07 Å². The largest absolute Gasteiger partial charge is 0.497 e. The van der Waals surface area contributed by atoms with Crippen LogP contribution in [0.5, 0.6) is 17.2 Å². The van der Waals surface area contributed by atoms with Crippen molar-refractivity contribution in [3.63, 3.8) is 0 Å². The molecule has 0 bridgehead atoms. The van der Waals surface area contributed by atoms with E-state index < -0.39 is 10.0 Å². The highest BCUT2D eigenvalue weighted by Crippen LogP contribution is 2.32. The third-order valence-electron chi connectivity index (χ3n) is 3.09. The lowest BCUT2D eigenvalue weighted by molar-refractivity contribution is 0.395. The molecule has 8 heteroatoms. The summed E-state index contributed by atoms with van der Waals surface area (Å²) in [5.74, 6) is 1.48. The van der Waals surface area contributed by atoms with E-state index in [9.17, 15) is 8.42 Å². The standard InChI is InChI=1S/C15H16BrNO5S/c1-20-10-4-6-13(15(8-10)22-3)17-23(18,19)11-5-7-14(21-2)12(16)9-11/h4-9,17H,1-3H3. The molecule has 0 aliphatic rings. The maximum absolute atomic E-state index is 12.5. The van der Waals surface area contributed by atoms with Crippen LogP contribution in [0.3, 0.4) is 0 Å². The van der Waals surface area contributed by atoms with Crippen molar-refractivity contribution in [2.75, 3.05) is 26.1 Å². The Morgan fingerprint density at radius 1 is 0.913 bits per heavy atom. The predicted octanol–water partition coefficient (Wildman–Crippen LogP) is 3.28. The van der Waals surface area contributed by atoms with Crippen LogP contribution in [0, 0.1) is 0 Å². The molecule has 124 valence electrons. The van der Waals surface area contributed by atoms with E-state index in [1.807, 2.05) is 0 Å². The van der Waals surface area contributed by atoms with Gasteiger partial charge in [-0.25, -0.2) is 8.42 Å². The fourth-order valence-electron chi connectivity index (χ4n) is 1.90. The van der Waals surface area contributed by atoms with Crippen LogP contribution in [0.4, 0.5) is 5.69 Å². The van der Waals surface area contributed by atoms with Crippen LogP contribution in [0.15, 0.2) is 45.8 Å². The first-order valence-electron chi connectivity index (χ1n) is 6.49. The van der Waals surface area contributed by atoms with Gasteiger partial charge in [0.1, 0.15) is 17.2 Å². The molecule has 0 unspecified atom stereocenters. The summed E-state index contributed by atoms with van der Waals surface area (Å²) in [5, 5.41) is 0. The number of methoxy groups -OCH3 is 3. The third kappa shape index (κ3) is 3.89. The number of ether oxygens (including phenoxy) is 3. The topological polar surface area (TPSA) is 73.9 Å². The van der Waals surface area contributed by atoms with E-state index in [0.717, 1.165) is 0 Å². The van der Waals surface area contributed by atoms with Gasteiger partial charge in [0.25, 0.3) is 10.0 Å². The number of halogens is 1. The summed E-state index contributed by atoms with van der Waals surface area (Å²) >= 11 is 3.27. The van der Waals surface area contributed by atoms with E-state index in [1.165, 1.54) is 33.5 Å². The minimum absolute atomic E-state index is 0.100. The first-order valence-corrected chi connectivity index (χ1v) is 8.77. The van der Waals surface area contributed by atoms with E-state index in [0.29, 0.717) is 27.4 Å². The van der Waals surface area contributed by atoms with Crippen LogP contribution >= 0.6 is 15.9 Å². The molecule has 0 saturated heterocycles. The van der Waals surface area contributed by atoms with Crippen LogP contribution in [0.2, 0.25) is 0 Å². The summed E-state index contributed by atoms with van der Waals surface area (Å²) < 4.78 is 43.5. The summed E-state index contributed by atoms with van der Waals surface area (Å²) in [6, 6.07) is 9.32. The lowest BCUT2D eigenvalue weighted by Crippen LogP contribution is -2.13. The Labute approximate surface area is 143 Å². The van der Waals surface area contributed by atoms with Crippen LogP contribution in [-0.4, -0.2) is 29.7 Å². The first-order chi connectivity index (χ1) is 10.9. The second-order valence-corrected chi connectivity index (χ2v) is 7.00. The number of anilines is 1. The van der Waals surface area contributed by atoms with Gasteiger partial charge < -0.3 is 14.2 Å². The second-order valence-electron chi connectivity index (χ2n) is 4.47. The molecule has 2 rings (SSSR count). The minimum atomic E-state index is -3.77. The number of hydrogen-bond acceptors (Lipinski definition) is 5. The summed E-state index contributed by atoms with van der Waals surface area (Å²) in [7, 11) is 0.716. The normalized spacial score (nSPS) is 11.0. The summed E-state index contributed by atoms with van der Waals surface area (Å²) in [5.41, 5.74) is 0.320. The van der Waals surface area contributed by atoms with E-state index in [1.54, 1.807) is 24.3 Å². The van der Waals surface area contributed by atoms with Crippen molar-refractivity contribution in [2.45, 2.75) is 4.90 Å². The van der Waals surface area contributed by atoms with Gasteiger partial charge in [-0.05, 0) is 46.3 Å². The van der Waals surface area contributed by atoms with Crippen molar-refractivity contribution < 1.29 is 22.6 Å². The van der Waals surface area contributed by atoms with Crippen molar-refractivity contribution >= 4 is 31.6 Å². The molecular formula is C15H16BrNO5S. The lowest BCUT2D eigenvalue weighted by Gasteiger charge is -2.13. The Morgan fingerprint density at radius 3 is 2.17 bits per heavy atom. The Bertz CT molecular complexity index is 808. The quantitative estimate of drug-likeness (QED) is 0.803. The van der Waals surface area contributed by atoms with Crippen molar-refractivity contribution in [1.29, 1.82) is 0 Å². The average Bonchev–Trinajstić information content (AvgIpc) is 2.54. The molecule has 0 amide bonds. The highest BCUT2D eigenvalue weighted by molar-refractivity contribution is 9.10. The molecule has 1 N–H and O–H groups in total. The fourth-order valence-corrected chi connectivity index (χ4v) is 3.69. The highest BCUT2D eigenvalue weighted by Gasteiger charge is 2.18. The third-order valence-corrected chi connectivity index (χ3v) is 5.07. The Kier molecular flexibility index (Phi) is 5.38. The van der Waals surface area contributed by atoms with E-state index in [-0.39, 0.29) is 4.90 Å². The molecule has 0 spiro atoms. The zero-order valence-electron chi connectivity index (χ0n) is 12.8. The van der Waals surface area contributed by atoms with Gasteiger partial charge in [0.05, 0.1) is 36.4 Å². The minimum Gasteiger partial charge on any atom is -0.497 e. The Balaban J connectivity index is 2.36. The number of hydrogen-bond donors (Lipinski definition) is 1. The summed E-state index contributed by atoms with van der Waals surface area (Å²) in [4.78, 5) is 0.100. The zero-order chi connectivity index (χ0) is 17.0. The van der Waals surface area contributed by atoms with E-state index in [4.69, 9.17) is 14.2 Å². The summed E-state index contributed by atoms with van der Waals surface area (Å²) in [6.45, 7) is 0. The zero-order valence-corrected chi connectivity index (χ0v) is 15.2. The molecule has 0 aliphatic heterocycles. The maximum atomic E-state index is 12.5. The van der Waals surface area contributed by atoms with E-state index >= 15 is 0 Å². The molecule has 6 nitrogen and oxygen atoms in total. The number of nitrogens with one attached hydrogen (secondary N) is 1. The Morgan fingerprint density at radius 2 is 1.61 bits per heavy atom. The van der Waals surface area contributed by atoms with Gasteiger partial charge in [-0.2, -0.15) is 0 Å². The summed E-state index contributed by atoms with van der Waals surface area (Å²) in [6.07, 6.45) is 0. The molecule has 23 heavy (non-hydrogen) atoms. The van der Waals surface area contributed by atoms with Crippen LogP contribution < -0.4 is 18.9 Å². The lowest BCUT2D eigenvalue weighted by atomic mass is 10.3. The monoisotopic (exact) mass is 401 g/mol. The van der Waals surface area contributed by atoms with Gasteiger partial charge >= 0.3 is 0 Å². The van der Waals surface area contributed by atoms with Crippen molar-refractivity contribution in [2.24, 2.45) is 0 Å². The molecule has 0 saturated carbocycles. The first kappa shape index (κ1) is 17.4. The van der Waals surface area contributed by atoms with Gasteiger partial charge in [-0.1, -0.05) is 0 Å². The van der Waals surface area contributed by atoms with Gasteiger partial charge in [0.2, 0.25) is 0 Å². The molecule has 0 aliphatic carbocycles. The molecule has 2 aromatic carbocycles. The predicted molar refractivity (Wildman–Crippen MR) is 91.0 cm³/mol. The number of sulfonamides is 1.